The predicted octanol–water partition coefficient (Wildman–Crippen LogP) is 4.07. The number of thiophene rings is 1. The number of hydrogen-bond acceptors (Lipinski definition) is 5. The lowest BCUT2D eigenvalue weighted by molar-refractivity contribution is -0.113. The SMILES string of the molecule is CC1=C(C(=O)Nc2ccccc2)[C@H](c2ccc(F)cc2)n2c(sc(=Cc3ccsc3)c2=O)=N1. The number of rotatable bonds is 4. The van der Waals surface area contributed by atoms with Crippen molar-refractivity contribution in [3.05, 3.63) is 119 Å². The summed E-state index contributed by atoms with van der Waals surface area (Å²) < 4.78 is 15.7. The maximum atomic E-state index is 13.7. The van der Waals surface area contributed by atoms with Crippen molar-refractivity contribution in [1.29, 1.82) is 0 Å². The molecule has 1 amide bonds. The topological polar surface area (TPSA) is 63.5 Å². The second-order valence-electron chi connectivity index (χ2n) is 7.51. The van der Waals surface area contributed by atoms with E-state index < -0.39 is 6.04 Å². The van der Waals surface area contributed by atoms with Crippen LogP contribution in [0.3, 0.4) is 0 Å². The Bertz CT molecular complexity index is 1530. The third-order valence-electron chi connectivity index (χ3n) is 5.32. The highest BCUT2D eigenvalue weighted by atomic mass is 32.1. The zero-order valence-corrected chi connectivity index (χ0v) is 19.1. The van der Waals surface area contributed by atoms with Gasteiger partial charge in [-0.05, 0) is 65.2 Å². The molecule has 5 nitrogen and oxygen atoms in total. The van der Waals surface area contributed by atoms with Crippen molar-refractivity contribution in [2.75, 3.05) is 5.32 Å². The van der Waals surface area contributed by atoms with Crippen LogP contribution < -0.4 is 20.2 Å². The molecule has 4 aromatic rings. The molecule has 0 aliphatic carbocycles. The zero-order valence-electron chi connectivity index (χ0n) is 17.5. The molecule has 0 bridgehead atoms. The number of carbonyl (C=O) groups excluding carboxylic acids is 1. The fraction of sp³-hybridized carbons (Fsp3) is 0.0800. The standard InChI is InChI=1S/C25H18FN3O2S2/c1-15-21(23(30)28-19-5-3-2-4-6-19)22(17-7-9-18(26)10-8-17)29-24(31)20(33-25(29)27-15)13-16-11-12-32-14-16/h2-14,22H,1H3,(H,28,30)/t22-/m0/s1. The van der Waals surface area contributed by atoms with Gasteiger partial charge in [0.1, 0.15) is 5.82 Å². The molecule has 0 saturated carbocycles. The average molecular weight is 476 g/mol. The number of fused-ring (bicyclic) bond motifs is 1. The maximum absolute atomic E-state index is 13.7. The van der Waals surface area contributed by atoms with E-state index >= 15 is 0 Å². The van der Waals surface area contributed by atoms with Crippen molar-refractivity contribution in [2.45, 2.75) is 13.0 Å². The molecule has 5 rings (SSSR count). The van der Waals surface area contributed by atoms with Gasteiger partial charge in [0.15, 0.2) is 4.80 Å². The predicted molar refractivity (Wildman–Crippen MR) is 130 cm³/mol. The van der Waals surface area contributed by atoms with Gasteiger partial charge < -0.3 is 5.32 Å². The molecule has 33 heavy (non-hydrogen) atoms. The number of carbonyl (C=O) groups is 1. The van der Waals surface area contributed by atoms with Gasteiger partial charge in [0.25, 0.3) is 11.5 Å². The minimum Gasteiger partial charge on any atom is -0.322 e. The number of anilines is 1. The minimum atomic E-state index is -0.727. The smallest absolute Gasteiger partial charge is 0.271 e. The highest BCUT2D eigenvalue weighted by molar-refractivity contribution is 7.08. The van der Waals surface area contributed by atoms with Crippen LogP contribution >= 0.6 is 22.7 Å². The van der Waals surface area contributed by atoms with E-state index in [2.05, 4.69) is 10.3 Å². The summed E-state index contributed by atoms with van der Waals surface area (Å²) in [5.41, 5.74) is 2.82. The number of allylic oxidation sites excluding steroid dienone is 1. The molecule has 1 atom stereocenters. The summed E-state index contributed by atoms with van der Waals surface area (Å²) in [4.78, 5) is 32.0. The summed E-state index contributed by atoms with van der Waals surface area (Å²) in [6.45, 7) is 1.76. The molecule has 2 aromatic heterocycles. The summed E-state index contributed by atoms with van der Waals surface area (Å²) in [6, 6.07) is 16.2. The Hall–Kier alpha value is -3.62. The molecule has 1 N–H and O–H groups in total. The number of benzene rings is 2. The summed E-state index contributed by atoms with van der Waals surface area (Å²) in [6.07, 6.45) is 1.82. The molecular formula is C25H18FN3O2S2. The summed E-state index contributed by atoms with van der Waals surface area (Å²) in [5.74, 6) is -0.747. The van der Waals surface area contributed by atoms with Crippen molar-refractivity contribution < 1.29 is 9.18 Å². The quantitative estimate of drug-likeness (QED) is 0.484. The first-order valence-corrected chi connectivity index (χ1v) is 11.9. The second-order valence-corrected chi connectivity index (χ2v) is 9.30. The van der Waals surface area contributed by atoms with Crippen LogP contribution in [0.2, 0.25) is 0 Å². The fourth-order valence-corrected chi connectivity index (χ4v) is 5.47. The van der Waals surface area contributed by atoms with Gasteiger partial charge in [-0.2, -0.15) is 11.3 Å². The molecule has 0 fully saturated rings. The van der Waals surface area contributed by atoms with E-state index in [1.165, 1.54) is 28.0 Å². The molecule has 164 valence electrons. The lowest BCUT2D eigenvalue weighted by Crippen LogP contribution is -2.40. The first kappa shape index (κ1) is 21.2. The van der Waals surface area contributed by atoms with Crippen molar-refractivity contribution in [2.24, 2.45) is 4.99 Å². The number of halogens is 1. The largest absolute Gasteiger partial charge is 0.322 e. The van der Waals surface area contributed by atoms with Gasteiger partial charge in [-0.15, -0.1) is 0 Å². The monoisotopic (exact) mass is 475 g/mol. The van der Waals surface area contributed by atoms with Gasteiger partial charge in [-0.1, -0.05) is 41.7 Å². The van der Waals surface area contributed by atoms with E-state index in [1.807, 2.05) is 41.1 Å². The van der Waals surface area contributed by atoms with Crippen LogP contribution in [0.5, 0.6) is 0 Å². The number of hydrogen-bond donors (Lipinski definition) is 1. The number of nitrogens with zero attached hydrogens (tertiary/aromatic N) is 2. The molecule has 0 spiro atoms. The van der Waals surface area contributed by atoms with E-state index in [0.29, 0.717) is 31.9 Å². The molecule has 3 heterocycles. The van der Waals surface area contributed by atoms with Crippen LogP contribution in [0.4, 0.5) is 10.1 Å². The summed E-state index contributed by atoms with van der Waals surface area (Å²) in [7, 11) is 0. The molecule has 8 heteroatoms. The normalized spacial score (nSPS) is 15.8. The van der Waals surface area contributed by atoms with Crippen molar-refractivity contribution >= 4 is 40.3 Å². The van der Waals surface area contributed by atoms with Crippen molar-refractivity contribution in [3.63, 3.8) is 0 Å². The number of amides is 1. The molecule has 0 unspecified atom stereocenters. The lowest BCUT2D eigenvalue weighted by atomic mass is 9.95. The molecule has 0 saturated heterocycles. The highest BCUT2D eigenvalue weighted by Crippen LogP contribution is 2.30. The molecule has 2 aromatic carbocycles. The van der Waals surface area contributed by atoms with Gasteiger partial charge in [-0.3, -0.25) is 14.2 Å². The Balaban J connectivity index is 1.68. The van der Waals surface area contributed by atoms with E-state index in [1.54, 1.807) is 42.5 Å². The van der Waals surface area contributed by atoms with E-state index in [4.69, 9.17) is 0 Å². The average Bonchev–Trinajstić information content (AvgIpc) is 3.42. The van der Waals surface area contributed by atoms with Gasteiger partial charge >= 0.3 is 0 Å². The number of thiazole rings is 1. The van der Waals surface area contributed by atoms with Crippen LogP contribution in [-0.2, 0) is 4.79 Å². The Labute approximate surface area is 196 Å². The van der Waals surface area contributed by atoms with Crippen LogP contribution in [0, 0.1) is 5.82 Å². The van der Waals surface area contributed by atoms with Gasteiger partial charge in [0.05, 0.1) is 21.8 Å². The third-order valence-corrected chi connectivity index (χ3v) is 7.01. The maximum Gasteiger partial charge on any atom is 0.271 e. The molecule has 0 radical (unpaired) electrons. The van der Waals surface area contributed by atoms with Crippen LogP contribution in [-0.4, -0.2) is 10.5 Å². The van der Waals surface area contributed by atoms with Gasteiger partial charge in [0, 0.05) is 5.69 Å². The van der Waals surface area contributed by atoms with E-state index in [9.17, 15) is 14.0 Å². The first-order chi connectivity index (χ1) is 16.0. The second kappa shape index (κ2) is 8.73. The summed E-state index contributed by atoms with van der Waals surface area (Å²) >= 11 is 2.82. The molecule has 1 aliphatic heterocycles. The molecular weight excluding hydrogens is 457 g/mol. The van der Waals surface area contributed by atoms with Crippen molar-refractivity contribution in [1.82, 2.24) is 4.57 Å². The van der Waals surface area contributed by atoms with E-state index in [0.717, 1.165) is 5.56 Å². The van der Waals surface area contributed by atoms with Gasteiger partial charge in [-0.25, -0.2) is 9.38 Å². The van der Waals surface area contributed by atoms with E-state index in [-0.39, 0.29) is 17.3 Å². The first-order valence-electron chi connectivity index (χ1n) is 10.2. The number of para-hydroxylation sites is 1. The Morgan fingerprint density at radius 2 is 1.88 bits per heavy atom. The van der Waals surface area contributed by atoms with Gasteiger partial charge in [0.2, 0.25) is 0 Å². The highest BCUT2D eigenvalue weighted by Gasteiger charge is 2.32. The third kappa shape index (κ3) is 4.10. The van der Waals surface area contributed by atoms with Crippen molar-refractivity contribution in [3.8, 4) is 0 Å². The van der Waals surface area contributed by atoms with Crippen LogP contribution in [0.25, 0.3) is 6.08 Å². The number of aromatic nitrogens is 1. The van der Waals surface area contributed by atoms with Crippen LogP contribution in [0.1, 0.15) is 24.1 Å². The van der Waals surface area contributed by atoms with Crippen LogP contribution in [0.15, 0.2) is 92.5 Å². The fourth-order valence-electron chi connectivity index (χ4n) is 3.80. The molecule has 1 aliphatic rings. The lowest BCUT2D eigenvalue weighted by Gasteiger charge is -2.25. The zero-order chi connectivity index (χ0) is 22.9. The Morgan fingerprint density at radius 3 is 2.58 bits per heavy atom. The summed E-state index contributed by atoms with van der Waals surface area (Å²) in [5, 5.41) is 6.80. The minimum absolute atomic E-state index is 0.239. The Morgan fingerprint density at radius 1 is 1.12 bits per heavy atom. The number of nitrogens with one attached hydrogen (secondary N) is 1. The Kier molecular flexibility index (Phi) is 5.62.